The number of anilines is 1. The quantitative estimate of drug-likeness (QED) is 0.432. The molecule has 2 aromatic rings. The molecule has 0 radical (unpaired) electrons. The second-order valence-electron chi connectivity index (χ2n) is 7.45. The van der Waals surface area contributed by atoms with Gasteiger partial charge in [0.2, 0.25) is 5.91 Å². The van der Waals surface area contributed by atoms with Crippen molar-refractivity contribution < 1.29 is 19.1 Å². The van der Waals surface area contributed by atoms with Crippen molar-refractivity contribution in [2.75, 3.05) is 18.2 Å². The monoisotopic (exact) mass is 551 g/mol. The summed E-state index contributed by atoms with van der Waals surface area (Å²) in [5.74, 6) is -1.16. The average Bonchev–Trinajstić information content (AvgIpc) is 3.02. The zero-order valence-corrected chi connectivity index (χ0v) is 20.1. The van der Waals surface area contributed by atoms with Crippen molar-refractivity contribution >= 4 is 67.5 Å². The van der Waals surface area contributed by atoms with Crippen LogP contribution in [0.4, 0.5) is 5.69 Å². The van der Waals surface area contributed by atoms with Gasteiger partial charge in [-0.1, -0.05) is 50.1 Å². The van der Waals surface area contributed by atoms with E-state index in [0.717, 1.165) is 32.0 Å². The number of aldehydes is 1. The van der Waals surface area contributed by atoms with E-state index in [9.17, 15) is 14.4 Å². The van der Waals surface area contributed by atoms with Crippen LogP contribution >= 0.6 is 43.6 Å². The molecule has 2 aromatic carbocycles. The Hall–Kier alpha value is -1.64. The highest BCUT2D eigenvalue weighted by molar-refractivity contribution is 9.10. The van der Waals surface area contributed by atoms with Crippen LogP contribution in [-0.4, -0.2) is 31.0 Å². The Morgan fingerprint density at radius 2 is 2.00 bits per heavy atom. The molecule has 2 aliphatic heterocycles. The summed E-state index contributed by atoms with van der Waals surface area (Å²) in [7, 11) is 1.35. The Labute approximate surface area is 195 Å². The van der Waals surface area contributed by atoms with Crippen LogP contribution in [0.2, 0.25) is 0 Å². The maximum absolute atomic E-state index is 13.5. The summed E-state index contributed by atoms with van der Waals surface area (Å²) in [6, 6.07) is 13.4. The molecule has 0 aromatic heterocycles. The van der Waals surface area contributed by atoms with Gasteiger partial charge in [0, 0.05) is 38.5 Å². The van der Waals surface area contributed by atoms with Crippen LogP contribution in [0.25, 0.3) is 0 Å². The minimum Gasteiger partial charge on any atom is -0.469 e. The fourth-order valence-electron chi connectivity index (χ4n) is 4.56. The van der Waals surface area contributed by atoms with Crippen LogP contribution in [0.5, 0.6) is 0 Å². The lowest BCUT2D eigenvalue weighted by atomic mass is 9.68. The number of ether oxygens (including phenoxy) is 1. The number of amides is 1. The van der Waals surface area contributed by atoms with Crippen LogP contribution in [0.1, 0.15) is 23.5 Å². The number of thioether (sulfide) groups is 1. The van der Waals surface area contributed by atoms with Crippen molar-refractivity contribution in [2.24, 2.45) is 11.8 Å². The molecule has 2 aliphatic rings. The van der Waals surface area contributed by atoms with Crippen LogP contribution < -0.4 is 5.32 Å². The highest BCUT2D eigenvalue weighted by Crippen LogP contribution is 2.62. The summed E-state index contributed by atoms with van der Waals surface area (Å²) in [4.78, 5) is 37.9. The number of rotatable bonds is 4. The fourth-order valence-corrected chi connectivity index (χ4v) is 7.47. The van der Waals surface area contributed by atoms with Crippen molar-refractivity contribution in [3.63, 3.8) is 0 Å². The molecule has 156 valence electrons. The molecule has 1 amide bonds. The van der Waals surface area contributed by atoms with Crippen molar-refractivity contribution in [1.29, 1.82) is 0 Å². The van der Waals surface area contributed by atoms with Crippen molar-refractivity contribution in [3.05, 3.63) is 62.5 Å². The molecule has 1 N–H and O–H groups in total. The summed E-state index contributed by atoms with van der Waals surface area (Å²) in [6.45, 7) is 0. The predicted octanol–water partition coefficient (Wildman–Crippen LogP) is 4.88. The van der Waals surface area contributed by atoms with E-state index in [0.29, 0.717) is 5.75 Å². The maximum atomic E-state index is 13.5. The van der Waals surface area contributed by atoms with E-state index in [1.165, 1.54) is 18.9 Å². The van der Waals surface area contributed by atoms with Gasteiger partial charge in [0.25, 0.3) is 0 Å². The number of carbonyl (C=O) groups is 3. The molecular weight excluding hydrogens is 534 g/mol. The summed E-state index contributed by atoms with van der Waals surface area (Å²) in [5.41, 5.74) is 2.49. The lowest BCUT2D eigenvalue weighted by molar-refractivity contribution is -0.142. The third-order valence-electron chi connectivity index (χ3n) is 5.91. The molecule has 2 heterocycles. The summed E-state index contributed by atoms with van der Waals surface area (Å²) < 4.78 is 5.62. The zero-order valence-electron chi connectivity index (χ0n) is 16.1. The number of halogens is 2. The molecule has 5 nitrogen and oxygen atoms in total. The van der Waals surface area contributed by atoms with Gasteiger partial charge in [-0.15, -0.1) is 11.8 Å². The van der Waals surface area contributed by atoms with Gasteiger partial charge in [-0.3, -0.25) is 9.59 Å². The van der Waals surface area contributed by atoms with E-state index in [2.05, 4.69) is 37.2 Å². The molecule has 4 rings (SSSR count). The number of esters is 1. The van der Waals surface area contributed by atoms with E-state index >= 15 is 0 Å². The van der Waals surface area contributed by atoms with Crippen LogP contribution in [0, 0.1) is 11.8 Å². The molecule has 0 unspecified atom stereocenters. The zero-order chi connectivity index (χ0) is 21.5. The summed E-state index contributed by atoms with van der Waals surface area (Å²) >= 11 is 8.59. The first-order chi connectivity index (χ1) is 14.4. The number of carbonyl (C=O) groups excluding carboxylic acids is 3. The standard InChI is InChI=1S/C22H19Br2NO4S/c1-29-18(27)9-13-11-30-22(20-16(24)3-2-4-17(20)25-21(22)28)19(15(13)10-26)12-5-7-14(23)8-6-12/h2-8,10,13,15,19H,9,11H2,1H3,(H,25,28)/t13-,15+,19+,22-/m1/s1. The number of hydrogen-bond donors (Lipinski definition) is 1. The van der Waals surface area contributed by atoms with Crippen LogP contribution in [0.3, 0.4) is 0 Å². The highest BCUT2D eigenvalue weighted by Gasteiger charge is 2.60. The van der Waals surface area contributed by atoms with Gasteiger partial charge >= 0.3 is 5.97 Å². The Morgan fingerprint density at radius 3 is 2.67 bits per heavy atom. The minimum atomic E-state index is -0.971. The van der Waals surface area contributed by atoms with Gasteiger partial charge in [-0.2, -0.15) is 0 Å². The topological polar surface area (TPSA) is 72.5 Å². The number of nitrogens with one attached hydrogen (secondary N) is 1. The Morgan fingerprint density at radius 1 is 1.27 bits per heavy atom. The Bertz CT molecular complexity index is 1010. The lowest BCUT2D eigenvalue weighted by Crippen LogP contribution is -2.48. The van der Waals surface area contributed by atoms with E-state index in [1.807, 2.05) is 42.5 Å². The second kappa shape index (κ2) is 8.48. The first-order valence-corrected chi connectivity index (χ1v) is 12.0. The normalized spacial score (nSPS) is 27.4. The van der Waals surface area contributed by atoms with Crippen LogP contribution in [-0.2, 0) is 23.9 Å². The van der Waals surface area contributed by atoms with Crippen LogP contribution in [0.15, 0.2) is 51.4 Å². The lowest BCUT2D eigenvalue weighted by Gasteiger charge is -2.46. The third kappa shape index (κ3) is 3.42. The predicted molar refractivity (Wildman–Crippen MR) is 123 cm³/mol. The van der Waals surface area contributed by atoms with Gasteiger partial charge in [0.15, 0.2) is 0 Å². The number of hydrogen-bond acceptors (Lipinski definition) is 5. The largest absolute Gasteiger partial charge is 0.469 e. The highest BCUT2D eigenvalue weighted by atomic mass is 79.9. The molecule has 4 atom stereocenters. The van der Waals surface area contributed by atoms with E-state index < -0.39 is 16.6 Å². The third-order valence-corrected chi connectivity index (χ3v) is 8.79. The van der Waals surface area contributed by atoms with Gasteiger partial charge in [0.1, 0.15) is 11.0 Å². The maximum Gasteiger partial charge on any atom is 0.305 e. The van der Waals surface area contributed by atoms with E-state index in [4.69, 9.17) is 4.74 Å². The number of benzene rings is 2. The molecule has 30 heavy (non-hydrogen) atoms. The van der Waals surface area contributed by atoms with Crippen molar-refractivity contribution in [2.45, 2.75) is 17.1 Å². The average molecular weight is 553 g/mol. The van der Waals surface area contributed by atoms with Gasteiger partial charge in [0.05, 0.1) is 7.11 Å². The molecule has 1 saturated heterocycles. The molecule has 0 aliphatic carbocycles. The molecule has 0 bridgehead atoms. The first-order valence-electron chi connectivity index (χ1n) is 9.44. The SMILES string of the molecule is COC(=O)C[C@@H]1CS[C@]2(C(=O)Nc3cccc(Br)c32)[C@@H](c2ccc(Br)cc2)[C@H]1C=O. The molecule has 8 heteroatoms. The Balaban J connectivity index is 1.91. The minimum absolute atomic E-state index is 0.134. The second-order valence-corrected chi connectivity index (χ2v) is 10.5. The number of fused-ring (bicyclic) bond motifs is 2. The molecule has 1 fully saturated rings. The van der Waals surface area contributed by atoms with Gasteiger partial charge < -0.3 is 14.8 Å². The Kier molecular flexibility index (Phi) is 6.10. The van der Waals surface area contributed by atoms with E-state index in [1.54, 1.807) is 0 Å². The molecule has 0 saturated carbocycles. The molecular formula is C22H19Br2NO4S. The summed E-state index contributed by atoms with van der Waals surface area (Å²) in [6.07, 6.45) is 1.05. The summed E-state index contributed by atoms with van der Waals surface area (Å²) in [5, 5.41) is 3.01. The van der Waals surface area contributed by atoms with Crippen molar-refractivity contribution in [1.82, 2.24) is 0 Å². The first kappa shape index (κ1) is 21.6. The smallest absolute Gasteiger partial charge is 0.305 e. The van der Waals surface area contributed by atoms with Gasteiger partial charge in [-0.25, -0.2) is 0 Å². The molecule has 1 spiro atoms. The fraction of sp³-hybridized carbons (Fsp3) is 0.318. The van der Waals surface area contributed by atoms with Crippen molar-refractivity contribution in [3.8, 4) is 0 Å². The number of methoxy groups -OCH3 is 1. The van der Waals surface area contributed by atoms with Gasteiger partial charge in [-0.05, 0) is 41.5 Å². The van der Waals surface area contributed by atoms with E-state index in [-0.39, 0.29) is 24.2 Å².